The summed E-state index contributed by atoms with van der Waals surface area (Å²) >= 11 is 0. The summed E-state index contributed by atoms with van der Waals surface area (Å²) in [4.78, 5) is 3.95. The number of sulfonamides is 1. The van der Waals surface area contributed by atoms with Gasteiger partial charge in [0.05, 0.1) is 6.10 Å². The van der Waals surface area contributed by atoms with E-state index in [0.717, 1.165) is 5.56 Å². The average molecular weight is 292 g/mol. The molecule has 1 heterocycles. The van der Waals surface area contributed by atoms with Gasteiger partial charge in [-0.3, -0.25) is 4.98 Å². The number of nitrogens with one attached hydrogen (secondary N) is 1. The Morgan fingerprint density at radius 3 is 2.55 bits per heavy atom. The van der Waals surface area contributed by atoms with Gasteiger partial charge in [-0.05, 0) is 17.7 Å². The van der Waals surface area contributed by atoms with Crippen LogP contribution in [0.5, 0.6) is 0 Å². The summed E-state index contributed by atoms with van der Waals surface area (Å²) in [6.45, 7) is 0.164. The van der Waals surface area contributed by atoms with Crippen LogP contribution in [0.1, 0.15) is 11.7 Å². The topological polar surface area (TPSA) is 68.3 Å². The van der Waals surface area contributed by atoms with Gasteiger partial charge in [0, 0.05) is 26.0 Å². The van der Waals surface area contributed by atoms with E-state index in [4.69, 9.17) is 4.74 Å². The molecule has 20 heavy (non-hydrogen) atoms. The molecule has 0 bridgehead atoms. The molecule has 0 saturated carbocycles. The Labute approximate surface area is 118 Å². The Kier molecular flexibility index (Phi) is 4.84. The van der Waals surface area contributed by atoms with Crippen LogP contribution < -0.4 is 4.72 Å². The summed E-state index contributed by atoms with van der Waals surface area (Å²) in [6, 6.07) is 12.5. The first kappa shape index (κ1) is 14.6. The molecule has 1 N–H and O–H groups in total. The van der Waals surface area contributed by atoms with Crippen LogP contribution in [0.3, 0.4) is 0 Å². The number of aromatic nitrogens is 1. The van der Waals surface area contributed by atoms with Gasteiger partial charge in [0.2, 0.25) is 10.0 Å². The van der Waals surface area contributed by atoms with Crippen molar-refractivity contribution in [1.29, 1.82) is 0 Å². The van der Waals surface area contributed by atoms with E-state index >= 15 is 0 Å². The van der Waals surface area contributed by atoms with Crippen LogP contribution in [-0.4, -0.2) is 27.1 Å². The van der Waals surface area contributed by atoms with Crippen LogP contribution in [0.15, 0.2) is 59.8 Å². The predicted molar refractivity (Wildman–Crippen MR) is 75.6 cm³/mol. The molecule has 2 aromatic rings. The normalized spacial score (nSPS) is 13.1. The van der Waals surface area contributed by atoms with E-state index < -0.39 is 10.0 Å². The summed E-state index contributed by atoms with van der Waals surface area (Å²) in [5.74, 6) is 0. The summed E-state index contributed by atoms with van der Waals surface area (Å²) in [6.07, 6.45) is 2.51. The van der Waals surface area contributed by atoms with Crippen molar-refractivity contribution in [3.05, 3.63) is 60.4 Å². The van der Waals surface area contributed by atoms with Crippen LogP contribution in [0.2, 0.25) is 0 Å². The number of methoxy groups -OCH3 is 1. The third-order valence-electron chi connectivity index (χ3n) is 2.86. The molecule has 106 valence electrons. The average Bonchev–Trinajstić information content (AvgIpc) is 2.50. The third kappa shape index (κ3) is 3.63. The van der Waals surface area contributed by atoms with Crippen molar-refractivity contribution in [2.45, 2.75) is 11.0 Å². The van der Waals surface area contributed by atoms with Gasteiger partial charge in [-0.2, -0.15) is 0 Å². The first-order valence-electron chi connectivity index (χ1n) is 6.11. The Hall–Kier alpha value is -1.76. The van der Waals surface area contributed by atoms with Crippen molar-refractivity contribution in [3.8, 4) is 0 Å². The van der Waals surface area contributed by atoms with Gasteiger partial charge in [-0.25, -0.2) is 13.1 Å². The minimum Gasteiger partial charge on any atom is -0.375 e. The largest absolute Gasteiger partial charge is 0.375 e. The SMILES string of the molecule is CO[C@@H](CNS(=O)(=O)c1cccnc1)c1ccccc1. The van der Waals surface area contributed by atoms with E-state index in [-0.39, 0.29) is 17.5 Å². The zero-order chi connectivity index (χ0) is 14.4. The van der Waals surface area contributed by atoms with Gasteiger partial charge < -0.3 is 4.74 Å². The fourth-order valence-corrected chi connectivity index (χ4v) is 2.77. The maximum Gasteiger partial charge on any atom is 0.242 e. The Morgan fingerprint density at radius 1 is 1.20 bits per heavy atom. The van der Waals surface area contributed by atoms with Gasteiger partial charge in [0.15, 0.2) is 0 Å². The highest BCUT2D eigenvalue weighted by atomic mass is 32.2. The molecule has 2 rings (SSSR count). The highest BCUT2D eigenvalue weighted by Gasteiger charge is 2.17. The quantitative estimate of drug-likeness (QED) is 0.880. The lowest BCUT2D eigenvalue weighted by molar-refractivity contribution is 0.107. The Morgan fingerprint density at radius 2 is 1.95 bits per heavy atom. The van der Waals surface area contributed by atoms with E-state index in [1.807, 2.05) is 30.3 Å². The molecule has 0 unspecified atom stereocenters. The number of benzene rings is 1. The molecule has 0 spiro atoms. The second-order valence-corrected chi connectivity index (χ2v) is 5.94. The molecule has 0 aliphatic heterocycles. The number of pyridine rings is 1. The van der Waals surface area contributed by atoms with E-state index in [2.05, 4.69) is 9.71 Å². The summed E-state index contributed by atoms with van der Waals surface area (Å²) in [7, 11) is -2.01. The molecule has 1 atom stereocenters. The number of hydrogen-bond acceptors (Lipinski definition) is 4. The van der Waals surface area contributed by atoms with Crippen molar-refractivity contribution in [1.82, 2.24) is 9.71 Å². The van der Waals surface area contributed by atoms with Crippen LogP contribution in [0, 0.1) is 0 Å². The second-order valence-electron chi connectivity index (χ2n) is 4.18. The number of nitrogens with zero attached hydrogens (tertiary/aromatic N) is 1. The monoisotopic (exact) mass is 292 g/mol. The summed E-state index contributed by atoms with van der Waals surface area (Å²) in [5.41, 5.74) is 0.920. The molecule has 0 saturated heterocycles. The van der Waals surface area contributed by atoms with Crippen LogP contribution in [-0.2, 0) is 14.8 Å². The Bertz CT molecular complexity index is 630. The maximum atomic E-state index is 12.1. The van der Waals surface area contributed by atoms with Crippen molar-refractivity contribution >= 4 is 10.0 Å². The van der Waals surface area contributed by atoms with Gasteiger partial charge in [0.25, 0.3) is 0 Å². The van der Waals surface area contributed by atoms with Gasteiger partial charge in [-0.1, -0.05) is 30.3 Å². The molecular weight excluding hydrogens is 276 g/mol. The molecule has 0 radical (unpaired) electrons. The highest BCUT2D eigenvalue weighted by Crippen LogP contribution is 2.16. The molecule has 0 aliphatic rings. The lowest BCUT2D eigenvalue weighted by Gasteiger charge is -2.16. The Balaban J connectivity index is 2.07. The fourth-order valence-electron chi connectivity index (χ4n) is 1.78. The van der Waals surface area contributed by atoms with E-state index in [1.165, 1.54) is 18.5 Å². The first-order valence-corrected chi connectivity index (χ1v) is 7.59. The zero-order valence-electron chi connectivity index (χ0n) is 11.1. The molecule has 0 aliphatic carbocycles. The molecule has 0 amide bonds. The van der Waals surface area contributed by atoms with Gasteiger partial charge >= 0.3 is 0 Å². The molecule has 5 nitrogen and oxygen atoms in total. The lowest BCUT2D eigenvalue weighted by Crippen LogP contribution is -2.29. The second kappa shape index (κ2) is 6.60. The smallest absolute Gasteiger partial charge is 0.242 e. The van der Waals surface area contributed by atoms with Gasteiger partial charge in [-0.15, -0.1) is 0 Å². The lowest BCUT2D eigenvalue weighted by atomic mass is 10.1. The van der Waals surface area contributed by atoms with E-state index in [0.29, 0.717) is 0 Å². The zero-order valence-corrected chi connectivity index (χ0v) is 11.9. The van der Waals surface area contributed by atoms with Crippen molar-refractivity contribution in [3.63, 3.8) is 0 Å². The molecule has 6 heteroatoms. The standard InChI is InChI=1S/C14H16N2O3S/c1-19-14(12-6-3-2-4-7-12)11-16-20(17,18)13-8-5-9-15-10-13/h2-10,14,16H,11H2,1H3/t14-/m0/s1. The number of rotatable bonds is 6. The van der Waals surface area contributed by atoms with E-state index in [9.17, 15) is 8.42 Å². The number of hydrogen-bond donors (Lipinski definition) is 1. The molecule has 1 aromatic carbocycles. The van der Waals surface area contributed by atoms with Crippen molar-refractivity contribution in [2.24, 2.45) is 0 Å². The minimum atomic E-state index is -3.57. The van der Waals surface area contributed by atoms with Crippen molar-refractivity contribution < 1.29 is 13.2 Å². The summed E-state index contributed by atoms with van der Waals surface area (Å²) in [5, 5.41) is 0. The van der Waals surface area contributed by atoms with Crippen LogP contribution in [0.4, 0.5) is 0 Å². The molecular formula is C14H16N2O3S. The fraction of sp³-hybridized carbons (Fsp3) is 0.214. The maximum absolute atomic E-state index is 12.1. The predicted octanol–water partition coefficient (Wildman–Crippen LogP) is 1.75. The van der Waals surface area contributed by atoms with E-state index in [1.54, 1.807) is 13.2 Å². The number of ether oxygens (including phenoxy) is 1. The highest BCUT2D eigenvalue weighted by molar-refractivity contribution is 7.89. The minimum absolute atomic E-state index is 0.142. The molecule has 0 fully saturated rings. The van der Waals surface area contributed by atoms with Crippen molar-refractivity contribution in [2.75, 3.05) is 13.7 Å². The molecule has 1 aromatic heterocycles. The first-order chi connectivity index (χ1) is 9.63. The third-order valence-corrected chi connectivity index (χ3v) is 4.27. The van der Waals surface area contributed by atoms with Crippen LogP contribution in [0.25, 0.3) is 0 Å². The summed E-state index contributed by atoms with van der Waals surface area (Å²) < 4.78 is 32.0. The van der Waals surface area contributed by atoms with Crippen LogP contribution >= 0.6 is 0 Å². The van der Waals surface area contributed by atoms with Gasteiger partial charge in [0.1, 0.15) is 4.90 Å².